The maximum Gasteiger partial charge on any atom is 0.331 e. The van der Waals surface area contributed by atoms with Crippen molar-refractivity contribution in [3.63, 3.8) is 0 Å². The maximum atomic E-state index is 11.6. The third-order valence-electron chi connectivity index (χ3n) is 5.12. The first kappa shape index (κ1) is 29.0. The molecule has 0 amide bonds. The van der Waals surface area contributed by atoms with Gasteiger partial charge in [0.1, 0.15) is 0 Å². The number of rotatable bonds is 22. The van der Waals surface area contributed by atoms with Gasteiger partial charge in [-0.2, -0.15) is 0 Å². The normalized spacial score (nSPS) is 11.1. The van der Waals surface area contributed by atoms with Gasteiger partial charge < -0.3 is 9.47 Å². The van der Waals surface area contributed by atoms with Crippen molar-refractivity contribution in [2.24, 2.45) is 0 Å². The standard InChI is InChI=1S/C25H45ClO4/c1-2-3-4-5-6-7-8-9-10-11-12-14-17-22-29-24(27)19-20-25(28)30-23-18-15-13-16-21-26/h19-20H,2-18,21-23H2,1H3/b20-19+. The van der Waals surface area contributed by atoms with Gasteiger partial charge in [-0.3, -0.25) is 0 Å². The number of ether oxygens (including phenoxy) is 2. The van der Waals surface area contributed by atoms with E-state index < -0.39 is 11.9 Å². The van der Waals surface area contributed by atoms with Gasteiger partial charge in [-0.15, -0.1) is 11.6 Å². The van der Waals surface area contributed by atoms with E-state index in [9.17, 15) is 9.59 Å². The topological polar surface area (TPSA) is 52.6 Å². The Morgan fingerprint density at radius 2 is 0.900 bits per heavy atom. The van der Waals surface area contributed by atoms with E-state index in [4.69, 9.17) is 21.1 Å². The monoisotopic (exact) mass is 444 g/mol. The highest BCUT2D eigenvalue weighted by atomic mass is 35.5. The molecule has 0 aromatic carbocycles. The van der Waals surface area contributed by atoms with Gasteiger partial charge in [-0.05, 0) is 19.3 Å². The van der Waals surface area contributed by atoms with Crippen molar-refractivity contribution < 1.29 is 19.1 Å². The fraction of sp³-hybridized carbons (Fsp3) is 0.840. The molecule has 0 aliphatic rings. The van der Waals surface area contributed by atoms with Crippen LogP contribution in [0.1, 0.15) is 116 Å². The Hall–Kier alpha value is -1.03. The lowest BCUT2D eigenvalue weighted by molar-refractivity contribution is -0.140. The van der Waals surface area contributed by atoms with Crippen LogP contribution >= 0.6 is 11.6 Å². The molecular formula is C25H45ClO4. The Morgan fingerprint density at radius 1 is 0.567 bits per heavy atom. The molecule has 0 radical (unpaired) electrons. The van der Waals surface area contributed by atoms with Gasteiger partial charge in [-0.25, -0.2) is 9.59 Å². The molecule has 0 aromatic heterocycles. The van der Waals surface area contributed by atoms with Crippen molar-refractivity contribution >= 4 is 23.5 Å². The van der Waals surface area contributed by atoms with Gasteiger partial charge in [0.15, 0.2) is 0 Å². The number of carbonyl (C=O) groups is 2. The number of hydrogen-bond donors (Lipinski definition) is 0. The average molecular weight is 445 g/mol. The quantitative estimate of drug-likeness (QED) is 0.0749. The van der Waals surface area contributed by atoms with Crippen molar-refractivity contribution in [3.05, 3.63) is 12.2 Å². The molecule has 0 aliphatic carbocycles. The minimum atomic E-state index is -0.495. The Labute approximate surface area is 190 Å². The summed E-state index contributed by atoms with van der Waals surface area (Å²) >= 11 is 5.60. The molecule has 0 atom stereocenters. The van der Waals surface area contributed by atoms with Crippen LogP contribution in [0.5, 0.6) is 0 Å². The molecule has 0 N–H and O–H groups in total. The van der Waals surface area contributed by atoms with Gasteiger partial charge in [0.25, 0.3) is 0 Å². The van der Waals surface area contributed by atoms with Gasteiger partial charge >= 0.3 is 11.9 Å². The summed E-state index contributed by atoms with van der Waals surface area (Å²) in [5.41, 5.74) is 0. The van der Waals surface area contributed by atoms with E-state index >= 15 is 0 Å². The fourth-order valence-electron chi connectivity index (χ4n) is 3.25. The van der Waals surface area contributed by atoms with E-state index in [1.165, 1.54) is 70.6 Å². The molecule has 0 saturated carbocycles. The van der Waals surface area contributed by atoms with Gasteiger partial charge in [0.05, 0.1) is 13.2 Å². The van der Waals surface area contributed by atoms with Gasteiger partial charge in [0, 0.05) is 18.0 Å². The number of alkyl halides is 1. The number of halogens is 1. The van der Waals surface area contributed by atoms with E-state index in [0.29, 0.717) is 19.1 Å². The summed E-state index contributed by atoms with van der Waals surface area (Å²) in [6.07, 6.45) is 22.9. The zero-order valence-corrected chi connectivity index (χ0v) is 20.1. The molecule has 0 spiro atoms. The highest BCUT2D eigenvalue weighted by molar-refractivity contribution is 6.17. The molecule has 4 nitrogen and oxygen atoms in total. The summed E-state index contributed by atoms with van der Waals surface area (Å²) in [7, 11) is 0. The first-order chi connectivity index (χ1) is 14.7. The van der Waals surface area contributed by atoms with Crippen LogP contribution in [-0.4, -0.2) is 31.0 Å². The Kier molecular flexibility index (Phi) is 23.4. The number of esters is 2. The minimum Gasteiger partial charge on any atom is -0.463 e. The molecule has 0 heterocycles. The predicted octanol–water partition coefficient (Wildman–Crippen LogP) is 7.52. The molecule has 0 aromatic rings. The summed E-state index contributed by atoms with van der Waals surface area (Å²) in [6, 6.07) is 0. The SMILES string of the molecule is CCCCCCCCCCCCCCCOC(=O)/C=C/C(=O)OCCCCCCCl. The van der Waals surface area contributed by atoms with Gasteiger partial charge in [-0.1, -0.05) is 96.8 Å². The van der Waals surface area contributed by atoms with Crippen molar-refractivity contribution in [1.29, 1.82) is 0 Å². The first-order valence-electron chi connectivity index (χ1n) is 12.3. The van der Waals surface area contributed by atoms with Crippen molar-refractivity contribution in [2.75, 3.05) is 19.1 Å². The second-order valence-corrected chi connectivity index (χ2v) is 8.39. The summed E-state index contributed by atoms with van der Waals surface area (Å²) in [5.74, 6) is -0.303. The maximum absolute atomic E-state index is 11.6. The lowest BCUT2D eigenvalue weighted by atomic mass is 10.0. The zero-order valence-electron chi connectivity index (χ0n) is 19.3. The molecule has 0 aliphatic heterocycles. The molecule has 176 valence electrons. The summed E-state index contributed by atoms with van der Waals surface area (Å²) < 4.78 is 10.1. The molecule has 0 fully saturated rings. The van der Waals surface area contributed by atoms with Crippen LogP contribution in [0.15, 0.2) is 12.2 Å². The van der Waals surface area contributed by atoms with Crippen LogP contribution in [0.3, 0.4) is 0 Å². The molecule has 0 bridgehead atoms. The molecular weight excluding hydrogens is 400 g/mol. The van der Waals surface area contributed by atoms with Crippen molar-refractivity contribution in [3.8, 4) is 0 Å². The zero-order chi connectivity index (χ0) is 22.1. The Balaban J connectivity index is 3.36. The third-order valence-corrected chi connectivity index (χ3v) is 5.39. The predicted molar refractivity (Wildman–Crippen MR) is 126 cm³/mol. The van der Waals surface area contributed by atoms with Crippen LogP contribution in [0.2, 0.25) is 0 Å². The number of unbranched alkanes of at least 4 members (excludes halogenated alkanes) is 15. The number of carbonyl (C=O) groups excluding carboxylic acids is 2. The highest BCUT2D eigenvalue weighted by Crippen LogP contribution is 2.12. The average Bonchev–Trinajstić information content (AvgIpc) is 2.75. The van der Waals surface area contributed by atoms with Crippen LogP contribution in [-0.2, 0) is 19.1 Å². The molecule has 0 saturated heterocycles. The molecule has 0 unspecified atom stereocenters. The van der Waals surface area contributed by atoms with Crippen LogP contribution in [0, 0.1) is 0 Å². The van der Waals surface area contributed by atoms with Gasteiger partial charge in [0.2, 0.25) is 0 Å². The largest absolute Gasteiger partial charge is 0.463 e. The van der Waals surface area contributed by atoms with E-state index in [-0.39, 0.29) is 0 Å². The van der Waals surface area contributed by atoms with E-state index in [0.717, 1.165) is 50.7 Å². The first-order valence-corrected chi connectivity index (χ1v) is 12.8. The minimum absolute atomic E-state index is 0.374. The van der Waals surface area contributed by atoms with E-state index in [1.54, 1.807) is 0 Å². The molecule has 0 rings (SSSR count). The van der Waals surface area contributed by atoms with Crippen LogP contribution < -0.4 is 0 Å². The lowest BCUT2D eigenvalue weighted by Crippen LogP contribution is -2.06. The second-order valence-electron chi connectivity index (χ2n) is 8.01. The highest BCUT2D eigenvalue weighted by Gasteiger charge is 2.01. The van der Waals surface area contributed by atoms with E-state index in [2.05, 4.69) is 6.92 Å². The van der Waals surface area contributed by atoms with Crippen LogP contribution in [0.4, 0.5) is 0 Å². The Bertz CT molecular complexity index is 423. The molecule has 30 heavy (non-hydrogen) atoms. The second kappa shape index (κ2) is 24.2. The smallest absolute Gasteiger partial charge is 0.331 e. The van der Waals surface area contributed by atoms with Crippen molar-refractivity contribution in [2.45, 2.75) is 116 Å². The van der Waals surface area contributed by atoms with Crippen LogP contribution in [0.25, 0.3) is 0 Å². The lowest BCUT2D eigenvalue weighted by Gasteiger charge is -2.04. The fourth-order valence-corrected chi connectivity index (χ4v) is 3.44. The van der Waals surface area contributed by atoms with E-state index in [1.807, 2.05) is 0 Å². The Morgan fingerprint density at radius 3 is 1.27 bits per heavy atom. The molecule has 5 heteroatoms. The third kappa shape index (κ3) is 23.3. The summed E-state index contributed by atoms with van der Waals surface area (Å²) in [5, 5.41) is 0. The van der Waals surface area contributed by atoms with Crippen molar-refractivity contribution in [1.82, 2.24) is 0 Å². The summed E-state index contributed by atoms with van der Waals surface area (Å²) in [6.45, 7) is 3.05. The summed E-state index contributed by atoms with van der Waals surface area (Å²) in [4.78, 5) is 23.1. The number of hydrogen-bond acceptors (Lipinski definition) is 4.